The van der Waals surface area contributed by atoms with E-state index < -0.39 is 7.87 Å². The maximum Gasteiger partial charge on any atom is 0.308 e. The molecular formula is C48H104N4P+. The molecular weight excluding hydrogens is 664 g/mol. The van der Waals surface area contributed by atoms with Crippen LogP contribution in [0.25, 0.3) is 0 Å². The Balaban J connectivity index is 7.79. The van der Waals surface area contributed by atoms with Crippen molar-refractivity contribution in [1.29, 1.82) is 0 Å². The Kier molecular flexibility index (Phi) is 40.7. The smallest absolute Gasteiger partial charge is 0.133 e. The topological polar surface area (TPSA) is 13.0 Å². The van der Waals surface area contributed by atoms with Crippen LogP contribution in [-0.2, 0) is 0 Å². The lowest BCUT2D eigenvalue weighted by atomic mass is 10.2. The fraction of sp³-hybridized carbons (Fsp3) is 1.00. The average molecular weight is 768 g/mol. The second-order valence-corrected chi connectivity index (χ2v) is 20.2. The molecule has 0 aliphatic heterocycles. The molecule has 0 spiro atoms. The molecule has 0 fully saturated rings. The number of rotatable bonds is 44. The van der Waals surface area contributed by atoms with E-state index in [2.05, 4.69) is 74.1 Å². The molecule has 0 aliphatic rings. The van der Waals surface area contributed by atoms with Gasteiger partial charge in [-0.1, -0.05) is 209 Å². The predicted molar refractivity (Wildman–Crippen MR) is 246 cm³/mol. The molecule has 53 heavy (non-hydrogen) atoms. The summed E-state index contributed by atoms with van der Waals surface area (Å²) in [6.45, 7) is 29.7. The van der Waals surface area contributed by atoms with Crippen molar-refractivity contribution in [3.05, 3.63) is 0 Å². The standard InChI is InChI=1S/C48H104N4P/c1-9-17-25-33-41-49(42-34-26-18-10-2)53(50(43-35-27-19-11-3)44-36-28-20-12-4,51(45-37-29-21-13-5)46-38-30-22-14-6)52(47-39-31-23-15-7)48-40-32-24-16-8/h9-48H2,1-8H3/q+1. The maximum atomic E-state index is 3.29. The first kappa shape index (κ1) is 53.3. The van der Waals surface area contributed by atoms with Crippen molar-refractivity contribution in [2.45, 2.75) is 261 Å². The van der Waals surface area contributed by atoms with Crippen LogP contribution in [0.2, 0.25) is 0 Å². The lowest BCUT2D eigenvalue weighted by Gasteiger charge is -2.52. The molecule has 0 saturated carbocycles. The van der Waals surface area contributed by atoms with E-state index >= 15 is 0 Å². The fourth-order valence-electron chi connectivity index (χ4n) is 8.36. The first-order valence-electron chi connectivity index (χ1n) is 25.0. The monoisotopic (exact) mass is 768 g/mol. The lowest BCUT2D eigenvalue weighted by Crippen LogP contribution is -2.54. The molecule has 0 aromatic heterocycles. The molecule has 0 rings (SSSR count). The van der Waals surface area contributed by atoms with Crippen LogP contribution in [0.5, 0.6) is 0 Å². The summed E-state index contributed by atoms with van der Waals surface area (Å²) >= 11 is 0. The largest absolute Gasteiger partial charge is 0.308 e. The Labute approximate surface area is 338 Å². The minimum Gasteiger partial charge on any atom is -0.133 e. The van der Waals surface area contributed by atoms with Crippen LogP contribution in [0.1, 0.15) is 261 Å². The second kappa shape index (κ2) is 40.5. The van der Waals surface area contributed by atoms with Gasteiger partial charge in [0, 0.05) is 52.4 Å². The predicted octanol–water partition coefficient (Wildman–Crippen LogP) is 16.5. The quantitative estimate of drug-likeness (QED) is 0.0452. The summed E-state index contributed by atoms with van der Waals surface area (Å²) in [4.78, 5) is 0. The third-order valence-electron chi connectivity index (χ3n) is 11.7. The van der Waals surface area contributed by atoms with Gasteiger partial charge in [-0.05, 0) is 51.4 Å². The van der Waals surface area contributed by atoms with Crippen molar-refractivity contribution in [2.24, 2.45) is 0 Å². The molecule has 0 heterocycles. The van der Waals surface area contributed by atoms with Crippen LogP contribution >= 0.6 is 7.87 Å². The van der Waals surface area contributed by atoms with Crippen molar-refractivity contribution in [3.8, 4) is 0 Å². The Morgan fingerprint density at radius 3 is 0.434 bits per heavy atom. The van der Waals surface area contributed by atoms with E-state index in [0.29, 0.717) is 0 Å². The van der Waals surface area contributed by atoms with Crippen LogP contribution < -0.4 is 0 Å². The first-order valence-corrected chi connectivity index (χ1v) is 26.6. The summed E-state index contributed by atoms with van der Waals surface area (Å²) in [5, 5.41) is 0. The summed E-state index contributed by atoms with van der Waals surface area (Å²) in [5.41, 5.74) is 0. The normalized spacial score (nSPS) is 12.5. The molecule has 320 valence electrons. The van der Waals surface area contributed by atoms with Crippen LogP contribution in [0.3, 0.4) is 0 Å². The molecule has 0 radical (unpaired) electrons. The van der Waals surface area contributed by atoms with Gasteiger partial charge < -0.3 is 0 Å². The third-order valence-corrected chi connectivity index (χ3v) is 16.3. The summed E-state index contributed by atoms with van der Waals surface area (Å²) in [6, 6.07) is 0. The Morgan fingerprint density at radius 2 is 0.321 bits per heavy atom. The van der Waals surface area contributed by atoms with Crippen molar-refractivity contribution >= 4 is 7.87 Å². The lowest BCUT2D eigenvalue weighted by molar-refractivity contribution is 0.218. The highest BCUT2D eigenvalue weighted by Crippen LogP contribution is 2.71. The molecule has 0 amide bonds. The SMILES string of the molecule is CCCCCCN(CCCCCC)[P+](N(CCCCCC)CCCCCC)(N(CCCCCC)CCCCCC)N(CCCCCC)CCCCCC. The van der Waals surface area contributed by atoms with Crippen LogP contribution in [-0.4, -0.2) is 71.0 Å². The molecule has 0 aliphatic carbocycles. The van der Waals surface area contributed by atoms with E-state index in [9.17, 15) is 0 Å². The van der Waals surface area contributed by atoms with Gasteiger partial charge in [0.15, 0.2) is 0 Å². The molecule has 0 atom stereocenters. The highest BCUT2D eigenvalue weighted by atomic mass is 31.2. The molecule has 4 nitrogen and oxygen atoms in total. The Bertz CT molecular complexity index is 540. The number of nitrogens with zero attached hydrogens (tertiary/aromatic N) is 4. The highest BCUT2D eigenvalue weighted by molar-refractivity contribution is 7.66. The van der Waals surface area contributed by atoms with Crippen LogP contribution in [0, 0.1) is 0 Å². The van der Waals surface area contributed by atoms with Gasteiger partial charge in [-0.3, -0.25) is 0 Å². The van der Waals surface area contributed by atoms with Crippen LogP contribution in [0.15, 0.2) is 0 Å². The fourth-order valence-corrected chi connectivity index (χ4v) is 13.8. The third kappa shape index (κ3) is 25.3. The van der Waals surface area contributed by atoms with Gasteiger partial charge in [-0.15, -0.1) is 18.7 Å². The minimum absolute atomic E-state index is 1.31. The summed E-state index contributed by atoms with van der Waals surface area (Å²) < 4.78 is 13.2. The van der Waals surface area contributed by atoms with E-state index in [0.717, 1.165) is 0 Å². The van der Waals surface area contributed by atoms with Crippen molar-refractivity contribution in [1.82, 2.24) is 18.7 Å². The molecule has 0 N–H and O–H groups in total. The molecule has 5 heteroatoms. The Hall–Kier alpha value is 0.270. The van der Waals surface area contributed by atoms with E-state index in [1.165, 1.54) is 258 Å². The average Bonchev–Trinajstić information content (AvgIpc) is 3.17. The van der Waals surface area contributed by atoms with Gasteiger partial charge in [-0.2, -0.15) is 0 Å². The van der Waals surface area contributed by atoms with Crippen molar-refractivity contribution in [2.75, 3.05) is 52.4 Å². The van der Waals surface area contributed by atoms with E-state index in [1.807, 2.05) is 0 Å². The maximum absolute atomic E-state index is 3.29. The van der Waals surface area contributed by atoms with Crippen molar-refractivity contribution in [3.63, 3.8) is 0 Å². The summed E-state index contributed by atoms with van der Waals surface area (Å²) in [7, 11) is -1.99. The molecule has 0 bridgehead atoms. The van der Waals surface area contributed by atoms with Gasteiger partial charge in [0.25, 0.3) is 0 Å². The zero-order chi connectivity index (χ0) is 39.1. The molecule has 0 saturated heterocycles. The molecule has 0 aromatic rings. The first-order chi connectivity index (χ1) is 26.1. The highest BCUT2D eigenvalue weighted by Gasteiger charge is 2.60. The summed E-state index contributed by atoms with van der Waals surface area (Å²) in [5.74, 6) is 0. The van der Waals surface area contributed by atoms with Crippen molar-refractivity contribution < 1.29 is 0 Å². The van der Waals surface area contributed by atoms with E-state index in [-0.39, 0.29) is 0 Å². The van der Waals surface area contributed by atoms with Gasteiger partial charge in [0.05, 0.1) is 0 Å². The molecule has 0 unspecified atom stereocenters. The zero-order valence-electron chi connectivity index (χ0n) is 38.5. The van der Waals surface area contributed by atoms with Gasteiger partial charge in [0.2, 0.25) is 0 Å². The Morgan fingerprint density at radius 1 is 0.189 bits per heavy atom. The van der Waals surface area contributed by atoms with Gasteiger partial charge >= 0.3 is 7.87 Å². The van der Waals surface area contributed by atoms with Gasteiger partial charge in [0.1, 0.15) is 0 Å². The molecule has 0 aromatic carbocycles. The number of unbranched alkanes of at least 4 members (excludes halogenated alkanes) is 24. The van der Waals surface area contributed by atoms with E-state index in [4.69, 9.17) is 0 Å². The second-order valence-electron chi connectivity index (χ2n) is 16.8. The summed E-state index contributed by atoms with van der Waals surface area (Å²) in [6.07, 6.45) is 44.0. The van der Waals surface area contributed by atoms with Crippen LogP contribution in [0.4, 0.5) is 0 Å². The van der Waals surface area contributed by atoms with Gasteiger partial charge in [-0.25, -0.2) is 0 Å². The number of hydrogen-bond acceptors (Lipinski definition) is 4. The zero-order valence-corrected chi connectivity index (χ0v) is 39.4. The number of hydrogen-bond donors (Lipinski definition) is 0. The minimum atomic E-state index is -1.99. The van der Waals surface area contributed by atoms with E-state index in [1.54, 1.807) is 0 Å².